The molecule has 0 bridgehead atoms. The van der Waals surface area contributed by atoms with Gasteiger partial charge in [0, 0.05) is 29.2 Å². The number of imide groups is 1. The predicted octanol–water partition coefficient (Wildman–Crippen LogP) is 5.15. The third kappa shape index (κ3) is 4.49. The van der Waals surface area contributed by atoms with Gasteiger partial charge in [-0.3, -0.25) is 19.3 Å². The van der Waals surface area contributed by atoms with Crippen molar-refractivity contribution in [2.75, 3.05) is 13.2 Å². The number of amides is 2. The van der Waals surface area contributed by atoms with Gasteiger partial charge in [0.2, 0.25) is 5.78 Å². The Morgan fingerprint density at radius 1 is 0.861 bits per heavy atom. The van der Waals surface area contributed by atoms with Crippen LogP contribution in [0.1, 0.15) is 83.7 Å². The van der Waals surface area contributed by atoms with Gasteiger partial charge >= 0.3 is 5.97 Å². The van der Waals surface area contributed by atoms with Crippen LogP contribution in [0.5, 0.6) is 0 Å². The second-order valence-corrected chi connectivity index (χ2v) is 9.26. The van der Waals surface area contributed by atoms with Crippen LogP contribution < -0.4 is 0 Å². The lowest BCUT2D eigenvalue weighted by molar-refractivity contribution is 0.0474. The lowest BCUT2D eigenvalue weighted by Gasteiger charge is -2.12. The maximum absolute atomic E-state index is 12.9. The number of aromatic nitrogens is 1. The number of rotatable bonds is 8. The summed E-state index contributed by atoms with van der Waals surface area (Å²) in [5, 5.41) is 0. The number of benzene rings is 2. The highest BCUT2D eigenvalue weighted by Gasteiger charge is 2.35. The molecule has 0 aliphatic carbocycles. The summed E-state index contributed by atoms with van der Waals surface area (Å²) in [7, 11) is 0. The highest BCUT2D eigenvalue weighted by Crippen LogP contribution is 2.26. The van der Waals surface area contributed by atoms with Crippen LogP contribution in [0.15, 0.2) is 42.5 Å². The normalized spacial score (nSPS) is 12.8. The standard InChI is InChI=1S/C29H30N2O5/c1-6-7-12-30-27(33)23-11-9-21(15-25(23)28(30)34)29(35)36-16-26(32)24-14-19(4)31(20(24)5)22-10-8-17(2)18(3)13-22/h8-11,13-15H,6-7,12,16H2,1-5H3. The zero-order valence-electron chi connectivity index (χ0n) is 21.3. The topological polar surface area (TPSA) is 85.7 Å². The van der Waals surface area contributed by atoms with E-state index in [9.17, 15) is 19.2 Å². The minimum Gasteiger partial charge on any atom is -0.454 e. The molecule has 0 unspecified atom stereocenters. The van der Waals surface area contributed by atoms with Crippen LogP contribution in [0, 0.1) is 27.7 Å². The molecule has 3 aromatic rings. The molecule has 0 radical (unpaired) electrons. The van der Waals surface area contributed by atoms with Crippen LogP contribution in [-0.4, -0.2) is 46.2 Å². The summed E-state index contributed by atoms with van der Waals surface area (Å²) in [6.07, 6.45) is 1.57. The first kappa shape index (κ1) is 25.1. The summed E-state index contributed by atoms with van der Waals surface area (Å²) >= 11 is 0. The number of nitrogens with zero attached hydrogens (tertiary/aromatic N) is 2. The number of ether oxygens (including phenoxy) is 1. The molecule has 0 atom stereocenters. The lowest BCUT2D eigenvalue weighted by Crippen LogP contribution is -2.30. The number of aryl methyl sites for hydroxylation is 3. The second kappa shape index (κ2) is 9.93. The molecule has 0 spiro atoms. The molecule has 0 N–H and O–H groups in total. The molecule has 0 fully saturated rings. The zero-order chi connectivity index (χ0) is 26.1. The molecule has 0 saturated heterocycles. The summed E-state index contributed by atoms with van der Waals surface area (Å²) in [5.74, 6) is -1.79. The van der Waals surface area contributed by atoms with Gasteiger partial charge in [-0.05, 0) is 81.6 Å². The average molecular weight is 487 g/mol. The Hall–Kier alpha value is -4.00. The van der Waals surface area contributed by atoms with Gasteiger partial charge in [0.15, 0.2) is 6.61 Å². The predicted molar refractivity (Wildman–Crippen MR) is 136 cm³/mol. The molecule has 2 aromatic carbocycles. The number of esters is 1. The van der Waals surface area contributed by atoms with E-state index in [0.29, 0.717) is 18.5 Å². The highest BCUT2D eigenvalue weighted by molar-refractivity contribution is 6.22. The number of hydrogen-bond acceptors (Lipinski definition) is 5. The third-order valence-corrected chi connectivity index (χ3v) is 6.76. The minimum absolute atomic E-state index is 0.126. The zero-order valence-corrected chi connectivity index (χ0v) is 21.3. The van der Waals surface area contributed by atoms with Crippen LogP contribution in [0.3, 0.4) is 0 Å². The van der Waals surface area contributed by atoms with Gasteiger partial charge in [0.1, 0.15) is 0 Å². The number of hydrogen-bond donors (Lipinski definition) is 0. The molecule has 1 aliphatic heterocycles. The fraction of sp³-hybridized carbons (Fsp3) is 0.310. The molecule has 0 saturated carbocycles. The van der Waals surface area contributed by atoms with Crippen molar-refractivity contribution >= 4 is 23.6 Å². The Labute approximate surface area is 210 Å². The number of carbonyl (C=O) groups is 4. The quantitative estimate of drug-likeness (QED) is 0.250. The van der Waals surface area contributed by atoms with Crippen molar-refractivity contribution < 1.29 is 23.9 Å². The van der Waals surface area contributed by atoms with Crippen LogP contribution >= 0.6 is 0 Å². The fourth-order valence-corrected chi connectivity index (χ4v) is 4.54. The monoisotopic (exact) mass is 486 g/mol. The maximum atomic E-state index is 12.9. The molecule has 1 aromatic heterocycles. The van der Waals surface area contributed by atoms with Gasteiger partial charge in [0.05, 0.1) is 16.7 Å². The Morgan fingerprint density at radius 3 is 2.28 bits per heavy atom. The van der Waals surface area contributed by atoms with E-state index in [1.807, 2.05) is 44.4 Å². The van der Waals surface area contributed by atoms with Gasteiger partial charge in [-0.15, -0.1) is 0 Å². The summed E-state index contributed by atoms with van der Waals surface area (Å²) in [6.45, 7) is 9.79. The molecule has 186 valence electrons. The first-order chi connectivity index (χ1) is 17.1. The van der Waals surface area contributed by atoms with Gasteiger partial charge in [-0.1, -0.05) is 19.4 Å². The minimum atomic E-state index is -0.721. The molecule has 1 aliphatic rings. The fourth-order valence-electron chi connectivity index (χ4n) is 4.54. The molecular formula is C29H30N2O5. The van der Waals surface area contributed by atoms with E-state index < -0.39 is 18.5 Å². The van der Waals surface area contributed by atoms with Crippen LogP contribution in [0.4, 0.5) is 0 Å². The molecule has 7 heteroatoms. The van der Waals surface area contributed by atoms with Crippen LogP contribution in [-0.2, 0) is 4.74 Å². The number of ketones is 1. The van der Waals surface area contributed by atoms with E-state index in [4.69, 9.17) is 4.74 Å². The largest absolute Gasteiger partial charge is 0.454 e. The van der Waals surface area contributed by atoms with E-state index in [2.05, 4.69) is 13.0 Å². The summed E-state index contributed by atoms with van der Waals surface area (Å²) < 4.78 is 7.30. The number of carbonyl (C=O) groups excluding carboxylic acids is 4. The van der Waals surface area contributed by atoms with E-state index >= 15 is 0 Å². The van der Waals surface area contributed by atoms with Gasteiger partial charge < -0.3 is 9.30 Å². The van der Waals surface area contributed by atoms with Crippen molar-refractivity contribution in [2.45, 2.75) is 47.5 Å². The van der Waals surface area contributed by atoms with Crippen molar-refractivity contribution in [1.82, 2.24) is 9.47 Å². The third-order valence-electron chi connectivity index (χ3n) is 6.76. The van der Waals surface area contributed by atoms with E-state index in [1.165, 1.54) is 28.7 Å². The van der Waals surface area contributed by atoms with E-state index in [0.717, 1.165) is 29.1 Å². The van der Waals surface area contributed by atoms with Crippen LogP contribution in [0.2, 0.25) is 0 Å². The van der Waals surface area contributed by atoms with E-state index in [1.54, 1.807) is 6.07 Å². The van der Waals surface area contributed by atoms with Crippen LogP contribution in [0.25, 0.3) is 5.69 Å². The lowest BCUT2D eigenvalue weighted by atomic mass is 10.1. The Balaban J connectivity index is 1.48. The van der Waals surface area contributed by atoms with Crippen molar-refractivity contribution in [2.24, 2.45) is 0 Å². The number of unbranched alkanes of at least 4 members (excludes halogenated alkanes) is 1. The highest BCUT2D eigenvalue weighted by atomic mass is 16.5. The first-order valence-corrected chi connectivity index (χ1v) is 12.1. The van der Waals surface area contributed by atoms with Crippen molar-refractivity contribution in [1.29, 1.82) is 0 Å². The SMILES string of the molecule is CCCCN1C(=O)c2ccc(C(=O)OCC(=O)c3cc(C)n(-c4ccc(C)c(C)c4)c3C)cc2C1=O. The molecule has 2 heterocycles. The van der Waals surface area contributed by atoms with Gasteiger partial charge in [-0.2, -0.15) is 0 Å². The average Bonchev–Trinajstić information content (AvgIpc) is 3.29. The smallest absolute Gasteiger partial charge is 0.338 e. The number of fused-ring (bicyclic) bond motifs is 1. The summed E-state index contributed by atoms with van der Waals surface area (Å²) in [5.41, 5.74) is 6.07. The molecule has 2 amide bonds. The molecular weight excluding hydrogens is 456 g/mol. The first-order valence-electron chi connectivity index (χ1n) is 12.1. The maximum Gasteiger partial charge on any atom is 0.338 e. The summed E-state index contributed by atoms with van der Waals surface area (Å²) in [6, 6.07) is 12.2. The second-order valence-electron chi connectivity index (χ2n) is 9.26. The van der Waals surface area contributed by atoms with Gasteiger partial charge in [-0.25, -0.2) is 4.79 Å². The van der Waals surface area contributed by atoms with Crippen molar-refractivity contribution in [3.05, 3.63) is 87.2 Å². The summed E-state index contributed by atoms with van der Waals surface area (Å²) in [4.78, 5) is 52.0. The Kier molecular flexibility index (Phi) is 6.93. The van der Waals surface area contributed by atoms with E-state index in [-0.39, 0.29) is 28.4 Å². The Bertz CT molecular complexity index is 1400. The Morgan fingerprint density at radius 2 is 1.58 bits per heavy atom. The van der Waals surface area contributed by atoms with Gasteiger partial charge in [0.25, 0.3) is 11.8 Å². The number of Topliss-reactive ketones (excluding diaryl/α,β-unsaturated/α-hetero) is 1. The van der Waals surface area contributed by atoms with Crippen molar-refractivity contribution in [3.63, 3.8) is 0 Å². The molecule has 4 rings (SSSR count). The van der Waals surface area contributed by atoms with Crippen molar-refractivity contribution in [3.8, 4) is 5.69 Å². The molecule has 36 heavy (non-hydrogen) atoms. The molecule has 7 nitrogen and oxygen atoms in total.